The quantitative estimate of drug-likeness (QED) is 0.605. The third-order valence-electron chi connectivity index (χ3n) is 2.73. The standard InChI is InChI=1S/C10H18O/c1-3-10(11)9-7-5-4-6-8(9)2/h4-5,8-11H,3,6-7H2,1-2H3. The first-order chi connectivity index (χ1) is 5.25. The minimum atomic E-state index is -0.0880. The predicted molar refractivity (Wildman–Crippen MR) is 47.3 cm³/mol. The Kier molecular flexibility index (Phi) is 3.13. The molecule has 3 atom stereocenters. The van der Waals surface area contributed by atoms with Gasteiger partial charge in [-0.3, -0.25) is 0 Å². The van der Waals surface area contributed by atoms with Gasteiger partial charge in [-0.1, -0.05) is 26.0 Å². The zero-order valence-electron chi connectivity index (χ0n) is 7.46. The molecule has 0 spiro atoms. The largest absolute Gasteiger partial charge is 0.393 e. The molecule has 1 rings (SSSR count). The summed E-state index contributed by atoms with van der Waals surface area (Å²) in [5.41, 5.74) is 0. The van der Waals surface area contributed by atoms with Gasteiger partial charge < -0.3 is 5.11 Å². The number of allylic oxidation sites excluding steroid dienone is 2. The normalized spacial score (nSPS) is 33.7. The summed E-state index contributed by atoms with van der Waals surface area (Å²) >= 11 is 0. The Hall–Kier alpha value is -0.300. The second-order valence-electron chi connectivity index (χ2n) is 3.56. The summed E-state index contributed by atoms with van der Waals surface area (Å²) in [7, 11) is 0. The van der Waals surface area contributed by atoms with Crippen molar-refractivity contribution in [3.63, 3.8) is 0 Å². The predicted octanol–water partition coefficient (Wildman–Crippen LogP) is 2.36. The second-order valence-corrected chi connectivity index (χ2v) is 3.56. The molecule has 0 fully saturated rings. The second kappa shape index (κ2) is 3.91. The van der Waals surface area contributed by atoms with Crippen LogP contribution in [-0.2, 0) is 0 Å². The summed E-state index contributed by atoms with van der Waals surface area (Å²) in [6.07, 6.45) is 7.43. The molecule has 0 aromatic rings. The van der Waals surface area contributed by atoms with Gasteiger partial charge in [0.2, 0.25) is 0 Å². The summed E-state index contributed by atoms with van der Waals surface area (Å²) in [6.45, 7) is 4.28. The summed E-state index contributed by atoms with van der Waals surface area (Å²) in [6, 6.07) is 0. The number of hydrogen-bond acceptors (Lipinski definition) is 1. The van der Waals surface area contributed by atoms with Crippen LogP contribution in [0, 0.1) is 11.8 Å². The van der Waals surface area contributed by atoms with Gasteiger partial charge in [-0.25, -0.2) is 0 Å². The van der Waals surface area contributed by atoms with Crippen LogP contribution in [0.4, 0.5) is 0 Å². The minimum absolute atomic E-state index is 0.0880. The highest BCUT2D eigenvalue weighted by molar-refractivity contribution is 4.95. The lowest BCUT2D eigenvalue weighted by Crippen LogP contribution is -2.26. The van der Waals surface area contributed by atoms with E-state index in [9.17, 15) is 5.11 Å². The van der Waals surface area contributed by atoms with Gasteiger partial charge in [0.25, 0.3) is 0 Å². The van der Waals surface area contributed by atoms with Crippen molar-refractivity contribution in [1.29, 1.82) is 0 Å². The fourth-order valence-electron chi connectivity index (χ4n) is 1.81. The van der Waals surface area contributed by atoms with E-state index in [0.29, 0.717) is 11.8 Å². The summed E-state index contributed by atoms with van der Waals surface area (Å²) in [4.78, 5) is 0. The maximum atomic E-state index is 9.62. The van der Waals surface area contributed by atoms with Crippen molar-refractivity contribution in [2.45, 2.75) is 39.2 Å². The van der Waals surface area contributed by atoms with Crippen LogP contribution in [0.25, 0.3) is 0 Å². The lowest BCUT2D eigenvalue weighted by molar-refractivity contribution is 0.0725. The van der Waals surface area contributed by atoms with Gasteiger partial charge in [0, 0.05) is 0 Å². The highest BCUT2D eigenvalue weighted by atomic mass is 16.3. The van der Waals surface area contributed by atoms with Crippen LogP contribution in [-0.4, -0.2) is 11.2 Å². The molecule has 1 aliphatic carbocycles. The Morgan fingerprint density at radius 2 is 2.09 bits per heavy atom. The molecule has 0 aromatic heterocycles. The van der Waals surface area contributed by atoms with Gasteiger partial charge in [-0.05, 0) is 31.1 Å². The molecule has 1 aliphatic rings. The van der Waals surface area contributed by atoms with Gasteiger partial charge in [-0.15, -0.1) is 0 Å². The van der Waals surface area contributed by atoms with Crippen molar-refractivity contribution < 1.29 is 5.11 Å². The molecule has 0 heterocycles. The molecule has 0 radical (unpaired) electrons. The van der Waals surface area contributed by atoms with E-state index in [0.717, 1.165) is 19.3 Å². The Balaban J connectivity index is 2.49. The van der Waals surface area contributed by atoms with Crippen molar-refractivity contribution in [2.24, 2.45) is 11.8 Å². The molecule has 0 bridgehead atoms. The summed E-state index contributed by atoms with van der Waals surface area (Å²) in [5.74, 6) is 1.17. The Bertz CT molecular complexity index is 140. The molecule has 1 heteroatoms. The average molecular weight is 154 g/mol. The Morgan fingerprint density at radius 3 is 2.64 bits per heavy atom. The summed E-state index contributed by atoms with van der Waals surface area (Å²) in [5, 5.41) is 9.62. The third kappa shape index (κ3) is 2.06. The van der Waals surface area contributed by atoms with Crippen molar-refractivity contribution in [1.82, 2.24) is 0 Å². The van der Waals surface area contributed by atoms with Gasteiger partial charge in [0.1, 0.15) is 0 Å². The number of aliphatic hydroxyl groups excluding tert-OH is 1. The maximum Gasteiger partial charge on any atom is 0.0571 e. The lowest BCUT2D eigenvalue weighted by atomic mass is 9.80. The van der Waals surface area contributed by atoms with E-state index in [1.54, 1.807) is 0 Å². The van der Waals surface area contributed by atoms with Gasteiger partial charge >= 0.3 is 0 Å². The van der Waals surface area contributed by atoms with Gasteiger partial charge in [-0.2, -0.15) is 0 Å². The molecule has 0 saturated heterocycles. The fraction of sp³-hybridized carbons (Fsp3) is 0.800. The third-order valence-corrected chi connectivity index (χ3v) is 2.73. The molecule has 3 unspecified atom stereocenters. The zero-order chi connectivity index (χ0) is 8.27. The van der Waals surface area contributed by atoms with E-state index in [1.165, 1.54) is 0 Å². The molecule has 11 heavy (non-hydrogen) atoms. The minimum Gasteiger partial charge on any atom is -0.393 e. The molecular formula is C10H18O. The van der Waals surface area contributed by atoms with E-state index >= 15 is 0 Å². The number of rotatable bonds is 2. The van der Waals surface area contributed by atoms with E-state index < -0.39 is 0 Å². The van der Waals surface area contributed by atoms with Crippen LogP contribution in [0.3, 0.4) is 0 Å². The smallest absolute Gasteiger partial charge is 0.0571 e. The Labute approximate surface area is 69.1 Å². The molecule has 0 aliphatic heterocycles. The molecule has 64 valence electrons. The van der Waals surface area contributed by atoms with Crippen molar-refractivity contribution in [3.05, 3.63) is 12.2 Å². The van der Waals surface area contributed by atoms with E-state index in [-0.39, 0.29) is 6.10 Å². The average Bonchev–Trinajstić information content (AvgIpc) is 2.04. The van der Waals surface area contributed by atoms with Crippen molar-refractivity contribution in [2.75, 3.05) is 0 Å². The van der Waals surface area contributed by atoms with E-state index in [2.05, 4.69) is 26.0 Å². The van der Waals surface area contributed by atoms with Gasteiger partial charge in [0.15, 0.2) is 0 Å². The van der Waals surface area contributed by atoms with E-state index in [1.807, 2.05) is 0 Å². The van der Waals surface area contributed by atoms with Crippen LogP contribution in [0.1, 0.15) is 33.1 Å². The molecule has 1 nitrogen and oxygen atoms in total. The first kappa shape index (κ1) is 8.79. The maximum absolute atomic E-state index is 9.62. The van der Waals surface area contributed by atoms with Crippen LogP contribution in [0.15, 0.2) is 12.2 Å². The van der Waals surface area contributed by atoms with Crippen molar-refractivity contribution >= 4 is 0 Å². The highest BCUT2D eigenvalue weighted by Gasteiger charge is 2.23. The summed E-state index contributed by atoms with van der Waals surface area (Å²) < 4.78 is 0. The first-order valence-electron chi connectivity index (χ1n) is 4.58. The van der Waals surface area contributed by atoms with Crippen molar-refractivity contribution in [3.8, 4) is 0 Å². The monoisotopic (exact) mass is 154 g/mol. The fourth-order valence-corrected chi connectivity index (χ4v) is 1.81. The van der Waals surface area contributed by atoms with E-state index in [4.69, 9.17) is 0 Å². The van der Waals surface area contributed by atoms with Crippen LogP contribution < -0.4 is 0 Å². The number of hydrogen-bond donors (Lipinski definition) is 1. The lowest BCUT2D eigenvalue weighted by Gasteiger charge is -2.28. The highest BCUT2D eigenvalue weighted by Crippen LogP contribution is 2.28. The topological polar surface area (TPSA) is 20.2 Å². The zero-order valence-corrected chi connectivity index (χ0v) is 7.46. The number of aliphatic hydroxyl groups is 1. The first-order valence-corrected chi connectivity index (χ1v) is 4.58. The molecule has 0 saturated carbocycles. The molecular weight excluding hydrogens is 136 g/mol. The SMILES string of the molecule is CCC(O)C1CC=CCC1C. The van der Waals surface area contributed by atoms with Crippen LogP contribution >= 0.6 is 0 Å². The molecule has 0 amide bonds. The molecule has 0 aromatic carbocycles. The van der Waals surface area contributed by atoms with Crippen LogP contribution in [0.2, 0.25) is 0 Å². The molecule has 1 N–H and O–H groups in total. The van der Waals surface area contributed by atoms with Crippen LogP contribution in [0.5, 0.6) is 0 Å². The Morgan fingerprint density at radius 1 is 1.45 bits per heavy atom. The van der Waals surface area contributed by atoms with Gasteiger partial charge in [0.05, 0.1) is 6.10 Å².